The number of methoxy groups -OCH3 is 1. The number of halogens is 1. The van der Waals surface area contributed by atoms with Crippen LogP contribution in [0.25, 0.3) is 0 Å². The van der Waals surface area contributed by atoms with Crippen LogP contribution in [-0.2, 0) is 4.79 Å². The first-order valence-corrected chi connectivity index (χ1v) is 9.33. The van der Waals surface area contributed by atoms with E-state index in [-0.39, 0.29) is 12.1 Å². The summed E-state index contributed by atoms with van der Waals surface area (Å²) in [5.74, 6) is -0.320. The number of carbonyl (C=O) groups is 2. The molecule has 0 saturated carbocycles. The average molecular weight is 397 g/mol. The summed E-state index contributed by atoms with van der Waals surface area (Å²) < 4.78 is 19.1. The van der Waals surface area contributed by atoms with E-state index in [9.17, 15) is 14.0 Å². The minimum atomic E-state index is -0.775. The molecule has 1 heterocycles. The Hall–Kier alpha value is -3.35. The minimum absolute atomic E-state index is 0.155. The number of hydrogen-bond donors (Lipinski definition) is 2. The summed E-state index contributed by atoms with van der Waals surface area (Å²) in [6.45, 7) is 5.45. The SMILES string of the molecule is COc1ccccc1NC(=O)C1=C(C)N(C(C)C)C(=O)N[C@@H]1c1cccc(F)c1. The number of allylic oxidation sites excluding steroid dienone is 1. The molecule has 0 radical (unpaired) electrons. The van der Waals surface area contributed by atoms with Crippen molar-refractivity contribution >= 4 is 17.6 Å². The third-order valence-electron chi connectivity index (χ3n) is 4.82. The maximum atomic E-state index is 13.8. The van der Waals surface area contributed by atoms with Crippen LogP contribution in [-0.4, -0.2) is 30.0 Å². The molecule has 1 atom stereocenters. The molecule has 1 aliphatic rings. The average Bonchev–Trinajstić information content (AvgIpc) is 2.67. The second-order valence-electron chi connectivity index (χ2n) is 7.05. The van der Waals surface area contributed by atoms with Crippen molar-refractivity contribution in [3.8, 4) is 5.75 Å². The molecule has 3 amide bonds. The lowest BCUT2D eigenvalue weighted by atomic mass is 9.93. The fourth-order valence-corrected chi connectivity index (χ4v) is 3.55. The first-order chi connectivity index (χ1) is 13.8. The fraction of sp³-hybridized carbons (Fsp3) is 0.273. The second kappa shape index (κ2) is 8.34. The van der Waals surface area contributed by atoms with Gasteiger partial charge in [-0.1, -0.05) is 24.3 Å². The molecule has 2 aromatic carbocycles. The highest BCUT2D eigenvalue weighted by Crippen LogP contribution is 2.33. The molecule has 29 heavy (non-hydrogen) atoms. The molecule has 0 spiro atoms. The normalized spacial score (nSPS) is 16.7. The van der Waals surface area contributed by atoms with Crippen LogP contribution < -0.4 is 15.4 Å². The Morgan fingerprint density at radius 2 is 1.93 bits per heavy atom. The van der Waals surface area contributed by atoms with E-state index in [1.54, 1.807) is 43.3 Å². The molecule has 0 bridgehead atoms. The highest BCUT2D eigenvalue weighted by atomic mass is 19.1. The summed E-state index contributed by atoms with van der Waals surface area (Å²) in [4.78, 5) is 27.5. The number of amides is 3. The van der Waals surface area contributed by atoms with Gasteiger partial charge in [-0.2, -0.15) is 0 Å². The van der Waals surface area contributed by atoms with Gasteiger partial charge in [0.15, 0.2) is 0 Å². The molecule has 6 nitrogen and oxygen atoms in total. The van der Waals surface area contributed by atoms with Gasteiger partial charge >= 0.3 is 6.03 Å². The molecule has 1 aliphatic heterocycles. The molecule has 0 unspecified atom stereocenters. The smallest absolute Gasteiger partial charge is 0.322 e. The zero-order valence-corrected chi connectivity index (χ0v) is 16.8. The van der Waals surface area contributed by atoms with E-state index in [1.807, 2.05) is 13.8 Å². The Kier molecular flexibility index (Phi) is 5.87. The van der Waals surface area contributed by atoms with Crippen molar-refractivity contribution in [1.29, 1.82) is 0 Å². The van der Waals surface area contributed by atoms with Crippen molar-refractivity contribution in [3.05, 3.63) is 71.2 Å². The zero-order valence-electron chi connectivity index (χ0n) is 16.8. The zero-order chi connectivity index (χ0) is 21.1. The maximum absolute atomic E-state index is 13.8. The van der Waals surface area contributed by atoms with Gasteiger partial charge in [0.05, 0.1) is 24.4 Å². The van der Waals surface area contributed by atoms with E-state index in [0.29, 0.717) is 28.3 Å². The van der Waals surface area contributed by atoms with Gasteiger partial charge in [-0.15, -0.1) is 0 Å². The molecule has 0 fully saturated rings. The Bertz CT molecular complexity index is 971. The highest BCUT2D eigenvalue weighted by Gasteiger charge is 2.37. The standard InChI is InChI=1S/C22H24FN3O3/c1-13(2)26-14(3)19(21(27)24-17-10-5-6-11-18(17)29-4)20(25-22(26)28)15-8-7-9-16(23)12-15/h5-13,20H,1-4H3,(H,24,27)(H,25,28)/t20-/m1/s1. The number of anilines is 1. The van der Waals surface area contributed by atoms with Crippen LogP contribution >= 0.6 is 0 Å². The fourth-order valence-electron chi connectivity index (χ4n) is 3.55. The number of hydrogen-bond acceptors (Lipinski definition) is 3. The van der Waals surface area contributed by atoms with Crippen LogP contribution in [0, 0.1) is 5.82 Å². The van der Waals surface area contributed by atoms with Gasteiger partial charge in [-0.05, 0) is 50.6 Å². The molecule has 0 saturated heterocycles. The van der Waals surface area contributed by atoms with Crippen LogP contribution in [0.2, 0.25) is 0 Å². The minimum Gasteiger partial charge on any atom is -0.495 e. The predicted molar refractivity (Wildman–Crippen MR) is 109 cm³/mol. The Morgan fingerprint density at radius 1 is 1.21 bits per heavy atom. The molecule has 0 aliphatic carbocycles. The quantitative estimate of drug-likeness (QED) is 0.794. The van der Waals surface area contributed by atoms with E-state index in [4.69, 9.17) is 4.74 Å². The number of nitrogens with one attached hydrogen (secondary N) is 2. The van der Waals surface area contributed by atoms with Gasteiger partial charge in [0, 0.05) is 11.7 Å². The number of benzene rings is 2. The van der Waals surface area contributed by atoms with Gasteiger partial charge in [-0.3, -0.25) is 9.69 Å². The topological polar surface area (TPSA) is 70.7 Å². The summed E-state index contributed by atoms with van der Waals surface area (Å²) in [5, 5.41) is 5.69. The Balaban J connectivity index is 2.07. The maximum Gasteiger partial charge on any atom is 0.322 e. The summed E-state index contributed by atoms with van der Waals surface area (Å²) in [7, 11) is 1.52. The van der Waals surface area contributed by atoms with Gasteiger partial charge in [-0.25, -0.2) is 9.18 Å². The molecular weight excluding hydrogens is 373 g/mol. The lowest BCUT2D eigenvalue weighted by Gasteiger charge is -2.38. The van der Waals surface area contributed by atoms with Gasteiger partial charge in [0.1, 0.15) is 11.6 Å². The van der Waals surface area contributed by atoms with E-state index < -0.39 is 17.8 Å². The molecule has 0 aromatic heterocycles. The summed E-state index contributed by atoms with van der Waals surface area (Å²) in [5.41, 5.74) is 1.86. The Labute approximate surface area is 169 Å². The van der Waals surface area contributed by atoms with Crippen molar-refractivity contribution in [3.63, 3.8) is 0 Å². The molecule has 7 heteroatoms. The van der Waals surface area contributed by atoms with Gasteiger partial charge in [0.2, 0.25) is 0 Å². The largest absolute Gasteiger partial charge is 0.495 e. The summed E-state index contributed by atoms with van der Waals surface area (Å²) in [6.07, 6.45) is 0. The van der Waals surface area contributed by atoms with Crippen molar-refractivity contribution in [2.24, 2.45) is 0 Å². The second-order valence-corrected chi connectivity index (χ2v) is 7.05. The van der Waals surface area contributed by atoms with Crippen molar-refractivity contribution in [2.45, 2.75) is 32.9 Å². The highest BCUT2D eigenvalue weighted by molar-refractivity contribution is 6.07. The van der Waals surface area contributed by atoms with Crippen LogP contribution in [0.4, 0.5) is 14.9 Å². The van der Waals surface area contributed by atoms with Crippen molar-refractivity contribution in [1.82, 2.24) is 10.2 Å². The van der Waals surface area contributed by atoms with Gasteiger partial charge in [0.25, 0.3) is 5.91 Å². The van der Waals surface area contributed by atoms with E-state index in [0.717, 1.165) is 0 Å². The Morgan fingerprint density at radius 3 is 2.59 bits per heavy atom. The van der Waals surface area contributed by atoms with Gasteiger partial charge < -0.3 is 15.4 Å². The van der Waals surface area contributed by atoms with Crippen LogP contribution in [0.3, 0.4) is 0 Å². The number of para-hydroxylation sites is 2. The molecule has 152 valence electrons. The van der Waals surface area contributed by atoms with Crippen molar-refractivity contribution < 1.29 is 18.7 Å². The lowest BCUT2D eigenvalue weighted by molar-refractivity contribution is -0.113. The third-order valence-corrected chi connectivity index (χ3v) is 4.82. The van der Waals surface area contributed by atoms with Crippen LogP contribution in [0.1, 0.15) is 32.4 Å². The summed E-state index contributed by atoms with van der Waals surface area (Å²) >= 11 is 0. The number of rotatable bonds is 5. The number of carbonyl (C=O) groups excluding carboxylic acids is 2. The first kappa shape index (κ1) is 20.4. The van der Waals surface area contributed by atoms with E-state index in [1.165, 1.54) is 24.1 Å². The van der Waals surface area contributed by atoms with E-state index in [2.05, 4.69) is 10.6 Å². The van der Waals surface area contributed by atoms with Crippen LogP contribution in [0.5, 0.6) is 5.75 Å². The third kappa shape index (κ3) is 4.08. The first-order valence-electron chi connectivity index (χ1n) is 9.33. The lowest BCUT2D eigenvalue weighted by Crippen LogP contribution is -2.50. The monoisotopic (exact) mass is 397 g/mol. The number of ether oxygens (including phenoxy) is 1. The molecule has 3 rings (SSSR count). The summed E-state index contributed by atoms with van der Waals surface area (Å²) in [6, 6.07) is 11.7. The van der Waals surface area contributed by atoms with Crippen LogP contribution in [0.15, 0.2) is 59.8 Å². The molecule has 2 N–H and O–H groups in total. The number of nitrogens with zero attached hydrogens (tertiary/aromatic N) is 1. The van der Waals surface area contributed by atoms with E-state index >= 15 is 0 Å². The molecule has 2 aromatic rings. The molecular formula is C22H24FN3O3. The predicted octanol–water partition coefficient (Wildman–Crippen LogP) is 4.22. The number of urea groups is 1. The van der Waals surface area contributed by atoms with Crippen molar-refractivity contribution in [2.75, 3.05) is 12.4 Å².